The van der Waals surface area contributed by atoms with Gasteiger partial charge in [0.05, 0.1) is 5.25 Å². The Morgan fingerprint density at radius 3 is 2.06 bits per heavy atom. The summed E-state index contributed by atoms with van der Waals surface area (Å²) in [6.07, 6.45) is 3.96. The Bertz CT molecular complexity index is 1370. The Morgan fingerprint density at radius 1 is 0.875 bits per heavy atom. The van der Waals surface area contributed by atoms with Crippen molar-refractivity contribution in [1.29, 1.82) is 0 Å². The minimum atomic E-state index is -0.411. The highest BCUT2D eigenvalue weighted by atomic mass is 32.2. The SMILES string of the molecule is O=c1[nH]c(=O)n(C2CC2)c2nc(C3CC3)nc(SC(c3ccccc3)c3ccccc3)c12. The van der Waals surface area contributed by atoms with Crippen LogP contribution >= 0.6 is 11.8 Å². The smallest absolute Gasteiger partial charge is 0.274 e. The lowest BCUT2D eigenvalue weighted by atomic mass is 10.0. The van der Waals surface area contributed by atoms with E-state index in [1.165, 1.54) is 0 Å². The molecule has 160 valence electrons. The molecule has 0 radical (unpaired) electrons. The first-order chi connectivity index (χ1) is 15.7. The maximum atomic E-state index is 13.0. The third kappa shape index (κ3) is 3.56. The van der Waals surface area contributed by atoms with Gasteiger partial charge in [-0.1, -0.05) is 72.4 Å². The summed E-state index contributed by atoms with van der Waals surface area (Å²) in [5.41, 5.74) is 1.97. The molecule has 32 heavy (non-hydrogen) atoms. The lowest BCUT2D eigenvalue weighted by Crippen LogP contribution is -2.31. The van der Waals surface area contributed by atoms with Gasteiger partial charge in [0, 0.05) is 12.0 Å². The number of nitrogens with one attached hydrogen (secondary N) is 1. The Labute approximate surface area is 188 Å². The van der Waals surface area contributed by atoms with Crippen LogP contribution in [0.1, 0.15) is 59.8 Å². The molecule has 2 aromatic heterocycles. The van der Waals surface area contributed by atoms with Crippen molar-refractivity contribution in [1.82, 2.24) is 19.5 Å². The van der Waals surface area contributed by atoms with Gasteiger partial charge >= 0.3 is 5.69 Å². The first kappa shape index (κ1) is 19.5. The molecule has 0 aliphatic heterocycles. The standard InChI is InChI=1S/C25H22N4O2S/c30-23-19-22(29(18-13-14-18)25(31)28-23)26-21(17-11-12-17)27-24(19)32-20(15-7-3-1-4-8-15)16-9-5-2-6-10-16/h1-10,17-18,20H,11-14H2,(H,28,30,31). The number of H-pyrrole nitrogens is 1. The summed E-state index contributed by atoms with van der Waals surface area (Å²) in [6, 6.07) is 20.6. The predicted molar refractivity (Wildman–Crippen MR) is 125 cm³/mol. The van der Waals surface area contributed by atoms with Gasteiger partial charge in [-0.2, -0.15) is 0 Å². The normalized spacial score (nSPS) is 16.0. The molecule has 2 saturated carbocycles. The number of fused-ring (bicyclic) bond motifs is 1. The summed E-state index contributed by atoms with van der Waals surface area (Å²) in [5.74, 6) is 1.06. The van der Waals surface area contributed by atoms with Crippen LogP contribution < -0.4 is 11.2 Å². The zero-order chi connectivity index (χ0) is 21.7. The molecule has 2 fully saturated rings. The summed E-state index contributed by atoms with van der Waals surface area (Å²) in [6.45, 7) is 0. The number of thioether (sulfide) groups is 1. The Hall–Kier alpha value is -3.19. The Kier molecular flexibility index (Phi) is 4.72. The molecule has 2 aliphatic rings. The highest BCUT2D eigenvalue weighted by molar-refractivity contribution is 7.99. The van der Waals surface area contributed by atoms with Gasteiger partial charge in [-0.3, -0.25) is 14.3 Å². The molecule has 0 saturated heterocycles. The van der Waals surface area contributed by atoms with Gasteiger partial charge in [-0.15, -0.1) is 0 Å². The molecular weight excluding hydrogens is 420 g/mol. The van der Waals surface area contributed by atoms with Crippen LogP contribution in [0.25, 0.3) is 11.0 Å². The molecule has 0 amide bonds. The number of aromatic amines is 1. The van der Waals surface area contributed by atoms with Crippen LogP contribution in [-0.2, 0) is 0 Å². The fraction of sp³-hybridized carbons (Fsp3) is 0.280. The lowest BCUT2D eigenvalue weighted by Gasteiger charge is -2.19. The quantitative estimate of drug-likeness (QED) is 0.349. The maximum Gasteiger partial charge on any atom is 0.330 e. The molecule has 0 atom stereocenters. The minimum absolute atomic E-state index is 0.0387. The monoisotopic (exact) mass is 442 g/mol. The molecule has 2 aromatic carbocycles. The zero-order valence-electron chi connectivity index (χ0n) is 17.4. The Balaban J connectivity index is 1.57. The summed E-state index contributed by atoms with van der Waals surface area (Å²) in [4.78, 5) is 37.8. The zero-order valence-corrected chi connectivity index (χ0v) is 18.2. The number of benzene rings is 2. The van der Waals surface area contributed by atoms with Crippen LogP contribution in [0, 0.1) is 0 Å². The maximum absolute atomic E-state index is 13.0. The Morgan fingerprint density at radius 2 is 1.50 bits per heavy atom. The largest absolute Gasteiger partial charge is 0.330 e. The summed E-state index contributed by atoms with van der Waals surface area (Å²) >= 11 is 1.56. The summed E-state index contributed by atoms with van der Waals surface area (Å²) in [5, 5.41) is 1.02. The fourth-order valence-corrected chi connectivity index (χ4v) is 5.37. The topological polar surface area (TPSA) is 80.6 Å². The van der Waals surface area contributed by atoms with Crippen LogP contribution in [-0.4, -0.2) is 19.5 Å². The van der Waals surface area contributed by atoms with Crippen molar-refractivity contribution in [3.05, 3.63) is 98.5 Å². The molecule has 7 heteroatoms. The van der Waals surface area contributed by atoms with Crippen molar-refractivity contribution in [2.24, 2.45) is 0 Å². The molecule has 0 spiro atoms. The van der Waals surface area contributed by atoms with E-state index in [0.29, 0.717) is 22.0 Å². The van der Waals surface area contributed by atoms with Crippen LogP contribution in [0.2, 0.25) is 0 Å². The first-order valence-corrected chi connectivity index (χ1v) is 11.9. The van der Waals surface area contributed by atoms with E-state index >= 15 is 0 Å². The number of rotatable bonds is 6. The second-order valence-corrected chi connectivity index (χ2v) is 9.63. The van der Waals surface area contributed by atoms with E-state index in [0.717, 1.165) is 42.6 Å². The fourth-order valence-electron chi connectivity index (χ4n) is 4.11. The van der Waals surface area contributed by atoms with E-state index in [1.54, 1.807) is 16.3 Å². The molecule has 0 unspecified atom stereocenters. The van der Waals surface area contributed by atoms with E-state index in [-0.39, 0.29) is 17.0 Å². The van der Waals surface area contributed by atoms with Gasteiger partial charge in [0.2, 0.25) is 0 Å². The number of hydrogen-bond acceptors (Lipinski definition) is 5. The van der Waals surface area contributed by atoms with Crippen LogP contribution in [0.15, 0.2) is 75.3 Å². The second kappa shape index (κ2) is 7.74. The van der Waals surface area contributed by atoms with Gasteiger partial charge in [-0.05, 0) is 36.8 Å². The molecule has 2 aliphatic carbocycles. The van der Waals surface area contributed by atoms with E-state index < -0.39 is 5.56 Å². The van der Waals surface area contributed by atoms with Crippen molar-refractivity contribution >= 4 is 22.8 Å². The number of hydrogen-bond donors (Lipinski definition) is 1. The van der Waals surface area contributed by atoms with Gasteiger partial charge < -0.3 is 0 Å². The van der Waals surface area contributed by atoms with E-state index in [1.807, 2.05) is 36.4 Å². The number of aromatic nitrogens is 4. The number of nitrogens with zero attached hydrogens (tertiary/aromatic N) is 3. The lowest BCUT2D eigenvalue weighted by molar-refractivity contribution is 0.691. The first-order valence-electron chi connectivity index (χ1n) is 11.0. The van der Waals surface area contributed by atoms with Crippen LogP contribution in [0.3, 0.4) is 0 Å². The van der Waals surface area contributed by atoms with Gasteiger partial charge in [0.15, 0.2) is 5.65 Å². The molecular formula is C25H22N4O2S. The minimum Gasteiger partial charge on any atom is -0.274 e. The van der Waals surface area contributed by atoms with Crippen molar-refractivity contribution in [3.8, 4) is 0 Å². The van der Waals surface area contributed by atoms with Gasteiger partial charge in [-0.25, -0.2) is 14.8 Å². The van der Waals surface area contributed by atoms with Crippen molar-refractivity contribution in [3.63, 3.8) is 0 Å². The van der Waals surface area contributed by atoms with E-state index in [2.05, 4.69) is 29.2 Å². The van der Waals surface area contributed by atoms with Crippen molar-refractivity contribution in [2.45, 2.75) is 47.9 Å². The summed E-state index contributed by atoms with van der Waals surface area (Å²) < 4.78 is 1.67. The molecule has 4 aromatic rings. The van der Waals surface area contributed by atoms with Crippen molar-refractivity contribution in [2.75, 3.05) is 0 Å². The summed E-state index contributed by atoms with van der Waals surface area (Å²) in [7, 11) is 0. The van der Waals surface area contributed by atoms with Crippen molar-refractivity contribution < 1.29 is 0 Å². The van der Waals surface area contributed by atoms with Crippen LogP contribution in [0.4, 0.5) is 0 Å². The van der Waals surface area contributed by atoms with Crippen LogP contribution in [0.5, 0.6) is 0 Å². The average molecular weight is 443 g/mol. The highest BCUT2D eigenvalue weighted by Crippen LogP contribution is 2.44. The molecule has 6 rings (SSSR count). The average Bonchev–Trinajstić information content (AvgIpc) is 3.72. The van der Waals surface area contributed by atoms with E-state index in [9.17, 15) is 9.59 Å². The third-order valence-electron chi connectivity index (χ3n) is 6.06. The van der Waals surface area contributed by atoms with Gasteiger partial charge in [0.25, 0.3) is 5.56 Å². The highest BCUT2D eigenvalue weighted by Gasteiger charge is 2.33. The van der Waals surface area contributed by atoms with E-state index in [4.69, 9.17) is 9.97 Å². The third-order valence-corrected chi connectivity index (χ3v) is 7.36. The molecule has 2 heterocycles. The molecule has 0 bridgehead atoms. The molecule has 6 nitrogen and oxygen atoms in total. The molecule has 1 N–H and O–H groups in total. The van der Waals surface area contributed by atoms with Gasteiger partial charge in [0.1, 0.15) is 16.2 Å². The predicted octanol–water partition coefficient (Wildman–Crippen LogP) is 4.57. The second-order valence-electron chi connectivity index (χ2n) is 8.54.